The fraction of sp³-hybridized carbons (Fsp3) is 0.538. The molecule has 0 bridgehead atoms. The molecule has 0 fully saturated rings. The molecule has 0 N–H and O–H groups in total. The second-order valence-corrected chi connectivity index (χ2v) is 5.16. The number of ether oxygens (including phenoxy) is 1. The van der Waals surface area contributed by atoms with Crippen molar-refractivity contribution in [3.8, 4) is 5.75 Å². The highest BCUT2D eigenvalue weighted by atomic mass is 35.5. The van der Waals surface area contributed by atoms with E-state index in [1.165, 1.54) is 11.1 Å². The largest absolute Gasteiger partial charge is 0.490 e. The molecule has 1 aliphatic heterocycles. The molecule has 1 aromatic rings. The van der Waals surface area contributed by atoms with Crippen LogP contribution in [0.25, 0.3) is 0 Å². The van der Waals surface area contributed by atoms with Crippen LogP contribution in [0.15, 0.2) is 18.2 Å². The van der Waals surface area contributed by atoms with Crippen LogP contribution in [0.5, 0.6) is 5.75 Å². The van der Waals surface area contributed by atoms with E-state index in [0.29, 0.717) is 6.10 Å². The Morgan fingerprint density at radius 3 is 3.07 bits per heavy atom. The Kier molecular flexibility index (Phi) is 3.20. The van der Waals surface area contributed by atoms with Crippen LogP contribution in [0.3, 0.4) is 0 Å². The van der Waals surface area contributed by atoms with E-state index in [4.69, 9.17) is 16.3 Å². The first-order valence-corrected chi connectivity index (χ1v) is 5.99. The summed E-state index contributed by atoms with van der Waals surface area (Å²) < 4.78 is 5.85. The lowest BCUT2D eigenvalue weighted by molar-refractivity contribution is 0.218. The lowest BCUT2D eigenvalue weighted by Gasteiger charge is -2.10. The normalized spacial score (nSPS) is 20.9. The number of alkyl halides is 1. The Morgan fingerprint density at radius 1 is 1.53 bits per heavy atom. The van der Waals surface area contributed by atoms with Crippen molar-refractivity contribution < 1.29 is 4.74 Å². The number of hydrogen-bond donors (Lipinski definition) is 0. The van der Waals surface area contributed by atoms with Crippen molar-refractivity contribution in [2.45, 2.75) is 44.6 Å². The van der Waals surface area contributed by atoms with E-state index in [2.05, 4.69) is 25.1 Å². The Hall–Kier alpha value is -0.690. The van der Waals surface area contributed by atoms with Gasteiger partial charge in [-0.2, -0.15) is 0 Å². The van der Waals surface area contributed by atoms with Crippen molar-refractivity contribution in [1.29, 1.82) is 0 Å². The van der Waals surface area contributed by atoms with Crippen molar-refractivity contribution in [3.05, 3.63) is 29.3 Å². The van der Waals surface area contributed by atoms with Gasteiger partial charge in [0.15, 0.2) is 0 Å². The average molecular weight is 225 g/mol. The molecule has 2 unspecified atom stereocenters. The van der Waals surface area contributed by atoms with E-state index in [9.17, 15) is 0 Å². The van der Waals surface area contributed by atoms with Crippen LogP contribution in [-0.4, -0.2) is 11.5 Å². The number of hydrogen-bond acceptors (Lipinski definition) is 1. The van der Waals surface area contributed by atoms with Crippen LogP contribution in [0.1, 0.15) is 30.9 Å². The molecule has 0 amide bonds. The third-order valence-electron chi connectivity index (χ3n) is 2.84. The number of rotatable bonds is 3. The maximum absolute atomic E-state index is 5.94. The minimum atomic E-state index is 0.249. The number of benzene rings is 1. The van der Waals surface area contributed by atoms with Gasteiger partial charge in [0.05, 0.1) is 0 Å². The van der Waals surface area contributed by atoms with Gasteiger partial charge in [0.2, 0.25) is 0 Å². The van der Waals surface area contributed by atoms with E-state index >= 15 is 0 Å². The van der Waals surface area contributed by atoms with Gasteiger partial charge >= 0.3 is 0 Å². The first-order chi connectivity index (χ1) is 7.15. The van der Waals surface area contributed by atoms with Crippen molar-refractivity contribution in [2.24, 2.45) is 0 Å². The highest BCUT2D eigenvalue weighted by molar-refractivity contribution is 6.20. The molecule has 0 spiro atoms. The Morgan fingerprint density at radius 2 is 2.33 bits per heavy atom. The lowest BCUT2D eigenvalue weighted by atomic mass is 10.0. The molecule has 15 heavy (non-hydrogen) atoms. The predicted octanol–water partition coefficient (Wildman–Crippen LogP) is 3.71. The minimum absolute atomic E-state index is 0.249. The van der Waals surface area contributed by atoms with Crippen molar-refractivity contribution in [2.75, 3.05) is 0 Å². The third-order valence-corrected chi connectivity index (χ3v) is 3.06. The van der Waals surface area contributed by atoms with Gasteiger partial charge in [0.1, 0.15) is 11.9 Å². The second-order valence-electron chi connectivity index (χ2n) is 4.41. The summed E-state index contributed by atoms with van der Waals surface area (Å²) >= 11 is 5.94. The number of aryl methyl sites for hydroxylation is 1. The Bertz CT molecular complexity index is 346. The van der Waals surface area contributed by atoms with Gasteiger partial charge in [-0.25, -0.2) is 0 Å². The first kappa shape index (κ1) is 10.8. The molecule has 0 aromatic heterocycles. The van der Waals surface area contributed by atoms with Crippen molar-refractivity contribution in [1.82, 2.24) is 0 Å². The maximum atomic E-state index is 5.94. The second kappa shape index (κ2) is 4.44. The van der Waals surface area contributed by atoms with Crippen LogP contribution < -0.4 is 4.74 Å². The zero-order valence-electron chi connectivity index (χ0n) is 9.29. The van der Waals surface area contributed by atoms with E-state index in [-0.39, 0.29) is 5.38 Å². The molecule has 0 saturated carbocycles. The molecule has 2 heteroatoms. The summed E-state index contributed by atoms with van der Waals surface area (Å²) in [5.74, 6) is 1.06. The van der Waals surface area contributed by atoms with Gasteiger partial charge < -0.3 is 4.74 Å². The van der Waals surface area contributed by atoms with Crippen molar-refractivity contribution >= 4 is 11.6 Å². The smallest absolute Gasteiger partial charge is 0.123 e. The van der Waals surface area contributed by atoms with Gasteiger partial charge in [0.25, 0.3) is 0 Å². The van der Waals surface area contributed by atoms with E-state index in [0.717, 1.165) is 25.0 Å². The fourth-order valence-electron chi connectivity index (χ4n) is 2.03. The summed E-state index contributed by atoms with van der Waals surface area (Å²) in [6.45, 7) is 4.16. The zero-order valence-corrected chi connectivity index (χ0v) is 10.1. The molecule has 0 radical (unpaired) electrons. The molecule has 0 saturated heterocycles. The van der Waals surface area contributed by atoms with Gasteiger partial charge in [0, 0.05) is 11.8 Å². The van der Waals surface area contributed by atoms with Gasteiger partial charge in [-0.05, 0) is 38.3 Å². The predicted molar refractivity (Wildman–Crippen MR) is 63.8 cm³/mol. The van der Waals surface area contributed by atoms with Crippen LogP contribution in [0.4, 0.5) is 0 Å². The quantitative estimate of drug-likeness (QED) is 0.712. The number of halogens is 1. The SMILES string of the molecule is Cc1ccc2c(c1)CC(CCC(C)Cl)O2. The van der Waals surface area contributed by atoms with E-state index < -0.39 is 0 Å². The topological polar surface area (TPSA) is 9.23 Å². The molecular formula is C13H17ClO. The van der Waals surface area contributed by atoms with Crippen LogP contribution in [-0.2, 0) is 6.42 Å². The third kappa shape index (κ3) is 2.66. The fourth-order valence-corrected chi connectivity index (χ4v) is 2.15. The highest BCUT2D eigenvalue weighted by Crippen LogP contribution is 2.31. The summed E-state index contributed by atoms with van der Waals surface area (Å²) in [7, 11) is 0. The minimum Gasteiger partial charge on any atom is -0.490 e. The van der Waals surface area contributed by atoms with E-state index in [1.54, 1.807) is 0 Å². The zero-order chi connectivity index (χ0) is 10.8. The van der Waals surface area contributed by atoms with Gasteiger partial charge in [-0.15, -0.1) is 11.6 Å². The molecule has 0 aliphatic carbocycles. The van der Waals surface area contributed by atoms with Gasteiger partial charge in [-0.1, -0.05) is 17.7 Å². The summed E-state index contributed by atoms with van der Waals surface area (Å²) in [5.41, 5.74) is 2.66. The monoisotopic (exact) mass is 224 g/mol. The Balaban J connectivity index is 1.97. The molecule has 1 aromatic carbocycles. The summed E-state index contributed by atoms with van der Waals surface area (Å²) in [6.07, 6.45) is 3.46. The lowest BCUT2D eigenvalue weighted by Crippen LogP contribution is -2.14. The van der Waals surface area contributed by atoms with Crippen LogP contribution in [0, 0.1) is 6.92 Å². The molecule has 82 valence electrons. The summed E-state index contributed by atoms with van der Waals surface area (Å²) in [4.78, 5) is 0. The Labute approximate surface area is 96.4 Å². The molecule has 2 atom stereocenters. The first-order valence-electron chi connectivity index (χ1n) is 5.55. The van der Waals surface area contributed by atoms with Gasteiger partial charge in [-0.3, -0.25) is 0 Å². The highest BCUT2D eigenvalue weighted by Gasteiger charge is 2.22. The average Bonchev–Trinajstić information content (AvgIpc) is 2.56. The van der Waals surface area contributed by atoms with Crippen molar-refractivity contribution in [3.63, 3.8) is 0 Å². The number of fused-ring (bicyclic) bond motifs is 1. The van der Waals surface area contributed by atoms with Crippen LogP contribution >= 0.6 is 11.6 Å². The maximum Gasteiger partial charge on any atom is 0.123 e. The van der Waals surface area contributed by atoms with E-state index in [1.807, 2.05) is 6.92 Å². The summed E-state index contributed by atoms with van der Waals surface area (Å²) in [6, 6.07) is 6.40. The molecular weight excluding hydrogens is 208 g/mol. The van der Waals surface area contributed by atoms with Crippen LogP contribution in [0.2, 0.25) is 0 Å². The molecule has 2 rings (SSSR count). The summed E-state index contributed by atoms with van der Waals surface area (Å²) in [5, 5.41) is 0.249. The molecule has 1 heterocycles. The standard InChI is InChI=1S/C13H17ClO/c1-9-3-6-13-11(7-9)8-12(15-13)5-4-10(2)14/h3,6-7,10,12H,4-5,8H2,1-2H3. The molecule has 1 nitrogen and oxygen atoms in total. The molecule has 1 aliphatic rings.